The van der Waals surface area contributed by atoms with Crippen molar-refractivity contribution in [2.75, 3.05) is 27.3 Å². The van der Waals surface area contributed by atoms with Gasteiger partial charge in [-0.05, 0) is 38.1 Å². The molecule has 106 valence electrons. The summed E-state index contributed by atoms with van der Waals surface area (Å²) in [6.07, 6.45) is 1.18. The molecule has 2 atom stereocenters. The normalized spacial score (nSPS) is 26.9. The van der Waals surface area contributed by atoms with Crippen LogP contribution in [-0.2, 0) is 11.3 Å². The molecule has 0 spiro atoms. The van der Waals surface area contributed by atoms with Crippen molar-refractivity contribution in [2.24, 2.45) is 5.73 Å². The van der Waals surface area contributed by atoms with Crippen molar-refractivity contribution in [3.63, 3.8) is 0 Å². The van der Waals surface area contributed by atoms with Crippen molar-refractivity contribution < 1.29 is 9.47 Å². The van der Waals surface area contributed by atoms with E-state index in [1.54, 1.807) is 7.11 Å². The fraction of sp³-hybridized carbons (Fsp3) is 0.600. The second-order valence-corrected chi connectivity index (χ2v) is 5.27. The first kappa shape index (κ1) is 14.3. The first-order valence-corrected chi connectivity index (χ1v) is 6.78. The van der Waals surface area contributed by atoms with Gasteiger partial charge in [-0.25, -0.2) is 0 Å². The average Bonchev–Trinajstić information content (AvgIpc) is 2.82. The molecule has 1 heterocycles. The molecule has 4 nitrogen and oxygen atoms in total. The van der Waals surface area contributed by atoms with E-state index in [1.807, 2.05) is 12.1 Å². The molecule has 19 heavy (non-hydrogen) atoms. The largest absolute Gasteiger partial charge is 0.497 e. The van der Waals surface area contributed by atoms with E-state index in [-0.39, 0.29) is 11.6 Å². The third-order valence-corrected chi connectivity index (χ3v) is 4.35. The van der Waals surface area contributed by atoms with Crippen LogP contribution in [0.3, 0.4) is 0 Å². The molecule has 1 aromatic rings. The van der Waals surface area contributed by atoms with E-state index in [0.29, 0.717) is 6.54 Å². The molecule has 0 bridgehead atoms. The van der Waals surface area contributed by atoms with Crippen molar-refractivity contribution in [3.05, 3.63) is 29.8 Å². The van der Waals surface area contributed by atoms with Crippen LogP contribution in [0.2, 0.25) is 0 Å². The van der Waals surface area contributed by atoms with Gasteiger partial charge in [0.1, 0.15) is 5.75 Å². The van der Waals surface area contributed by atoms with Crippen LogP contribution in [0.4, 0.5) is 0 Å². The van der Waals surface area contributed by atoms with Crippen molar-refractivity contribution in [1.82, 2.24) is 4.90 Å². The highest BCUT2D eigenvalue weighted by molar-refractivity contribution is 5.27. The summed E-state index contributed by atoms with van der Waals surface area (Å²) in [6, 6.07) is 8.18. The predicted molar refractivity (Wildman–Crippen MR) is 76.3 cm³/mol. The van der Waals surface area contributed by atoms with Gasteiger partial charge < -0.3 is 15.2 Å². The number of methoxy groups -OCH3 is 1. The maximum Gasteiger partial charge on any atom is 0.118 e. The summed E-state index contributed by atoms with van der Waals surface area (Å²) in [5.41, 5.74) is 7.24. The number of likely N-dealkylation sites (N-methyl/N-ethyl adjacent to an activating group) is 1. The van der Waals surface area contributed by atoms with Gasteiger partial charge in [-0.1, -0.05) is 12.1 Å². The van der Waals surface area contributed by atoms with E-state index < -0.39 is 0 Å². The van der Waals surface area contributed by atoms with Gasteiger partial charge in [0.15, 0.2) is 0 Å². The zero-order valence-corrected chi connectivity index (χ0v) is 12.1. The molecule has 0 radical (unpaired) electrons. The van der Waals surface area contributed by atoms with Gasteiger partial charge in [-0.3, -0.25) is 4.90 Å². The number of ether oxygens (including phenoxy) is 2. The number of hydrogen-bond acceptors (Lipinski definition) is 4. The van der Waals surface area contributed by atoms with Gasteiger partial charge in [0.25, 0.3) is 0 Å². The molecule has 2 rings (SSSR count). The highest BCUT2D eigenvalue weighted by Crippen LogP contribution is 2.31. The third-order valence-electron chi connectivity index (χ3n) is 4.35. The summed E-state index contributed by atoms with van der Waals surface area (Å²) in [4.78, 5) is 2.33. The van der Waals surface area contributed by atoms with E-state index in [2.05, 4.69) is 31.0 Å². The van der Waals surface area contributed by atoms with Crippen LogP contribution in [0.15, 0.2) is 24.3 Å². The van der Waals surface area contributed by atoms with E-state index in [0.717, 1.165) is 25.3 Å². The highest BCUT2D eigenvalue weighted by atomic mass is 16.5. The average molecular weight is 264 g/mol. The van der Waals surface area contributed by atoms with Gasteiger partial charge in [-0.15, -0.1) is 0 Å². The fourth-order valence-electron chi connectivity index (χ4n) is 2.86. The predicted octanol–water partition coefficient (Wildman–Crippen LogP) is 1.63. The van der Waals surface area contributed by atoms with Crippen LogP contribution in [0.5, 0.6) is 5.75 Å². The molecular weight excluding hydrogens is 240 g/mol. The molecule has 1 aromatic carbocycles. The lowest BCUT2D eigenvalue weighted by molar-refractivity contribution is 0.0245. The molecule has 0 aromatic heterocycles. The van der Waals surface area contributed by atoms with Gasteiger partial charge >= 0.3 is 0 Å². The first-order valence-electron chi connectivity index (χ1n) is 6.78. The summed E-state index contributed by atoms with van der Waals surface area (Å²) in [7, 11) is 3.81. The van der Waals surface area contributed by atoms with Gasteiger partial charge in [-0.2, -0.15) is 0 Å². The Morgan fingerprint density at radius 2 is 2.11 bits per heavy atom. The number of hydrogen-bond donors (Lipinski definition) is 1. The number of nitrogens with zero attached hydrogens (tertiary/aromatic N) is 1. The molecule has 1 aliphatic heterocycles. The second kappa shape index (κ2) is 5.90. The van der Waals surface area contributed by atoms with Crippen LogP contribution in [0, 0.1) is 0 Å². The molecule has 2 N–H and O–H groups in total. The Bertz CT molecular complexity index is 407. The minimum atomic E-state index is -0.0417. The highest BCUT2D eigenvalue weighted by Gasteiger charge is 2.43. The van der Waals surface area contributed by atoms with Crippen molar-refractivity contribution in [3.8, 4) is 5.75 Å². The third kappa shape index (κ3) is 2.76. The number of rotatable bonds is 5. The molecule has 1 aliphatic rings. The van der Waals surface area contributed by atoms with Crippen LogP contribution in [0.1, 0.15) is 18.9 Å². The molecule has 0 aliphatic carbocycles. The van der Waals surface area contributed by atoms with Crippen molar-refractivity contribution in [2.45, 2.75) is 31.5 Å². The zero-order valence-electron chi connectivity index (χ0n) is 12.1. The van der Waals surface area contributed by atoms with Crippen LogP contribution < -0.4 is 10.5 Å². The van der Waals surface area contributed by atoms with Gasteiger partial charge in [0.05, 0.1) is 18.8 Å². The summed E-state index contributed by atoms with van der Waals surface area (Å²) >= 11 is 0. The Kier molecular flexibility index (Phi) is 4.45. The van der Waals surface area contributed by atoms with E-state index in [4.69, 9.17) is 15.2 Å². The van der Waals surface area contributed by atoms with Crippen LogP contribution >= 0.6 is 0 Å². The van der Waals surface area contributed by atoms with E-state index >= 15 is 0 Å². The van der Waals surface area contributed by atoms with Crippen LogP contribution in [0.25, 0.3) is 0 Å². The van der Waals surface area contributed by atoms with Crippen molar-refractivity contribution in [1.29, 1.82) is 0 Å². The second-order valence-electron chi connectivity index (χ2n) is 5.27. The fourth-order valence-corrected chi connectivity index (χ4v) is 2.86. The quantitative estimate of drug-likeness (QED) is 0.878. The lowest BCUT2D eigenvalue weighted by atomic mass is 9.90. The number of nitrogens with two attached hydrogens (primary N) is 1. The van der Waals surface area contributed by atoms with E-state index in [1.165, 1.54) is 5.56 Å². The Morgan fingerprint density at radius 3 is 2.58 bits per heavy atom. The minimum Gasteiger partial charge on any atom is -0.497 e. The molecule has 1 saturated heterocycles. The Hall–Kier alpha value is -1.10. The molecule has 4 heteroatoms. The Labute approximate surface area is 115 Å². The summed E-state index contributed by atoms with van der Waals surface area (Å²) in [5.74, 6) is 0.887. The number of benzene rings is 1. The minimum absolute atomic E-state index is 0.0417. The summed E-state index contributed by atoms with van der Waals surface area (Å²) in [6.45, 7) is 4.41. The molecule has 1 fully saturated rings. The Morgan fingerprint density at radius 1 is 1.42 bits per heavy atom. The molecule has 0 amide bonds. The zero-order chi connectivity index (χ0) is 13.9. The smallest absolute Gasteiger partial charge is 0.118 e. The lowest BCUT2D eigenvalue weighted by Gasteiger charge is -2.40. The SMILES string of the molecule is COc1ccc(CN(C)C2(CN)CCOC2C)cc1. The maximum absolute atomic E-state index is 6.02. The maximum atomic E-state index is 6.02. The molecule has 2 unspecified atom stereocenters. The summed E-state index contributed by atoms with van der Waals surface area (Å²) in [5, 5.41) is 0. The Balaban J connectivity index is 2.08. The molecule has 0 saturated carbocycles. The molecular formula is C15H24N2O2. The first-order chi connectivity index (χ1) is 9.12. The lowest BCUT2D eigenvalue weighted by Crippen LogP contribution is -2.56. The van der Waals surface area contributed by atoms with Gasteiger partial charge in [0.2, 0.25) is 0 Å². The summed E-state index contributed by atoms with van der Waals surface area (Å²) < 4.78 is 10.9. The van der Waals surface area contributed by atoms with Gasteiger partial charge in [0, 0.05) is 19.7 Å². The van der Waals surface area contributed by atoms with Crippen molar-refractivity contribution >= 4 is 0 Å². The van der Waals surface area contributed by atoms with Crippen LogP contribution in [-0.4, -0.2) is 43.9 Å². The topological polar surface area (TPSA) is 47.7 Å². The standard InChI is InChI=1S/C15H24N2O2/c1-12-15(11-16,8-9-19-12)17(2)10-13-4-6-14(18-3)7-5-13/h4-7,12H,8-11,16H2,1-3H3. The van der Waals surface area contributed by atoms with E-state index in [9.17, 15) is 0 Å². The monoisotopic (exact) mass is 264 g/mol.